The van der Waals surface area contributed by atoms with E-state index in [0.29, 0.717) is 19.5 Å². The molecule has 1 fully saturated rings. The lowest BCUT2D eigenvalue weighted by molar-refractivity contribution is -0.153. The normalized spacial score (nSPS) is 16.4. The van der Waals surface area contributed by atoms with Crippen LogP contribution in [0.2, 0.25) is 0 Å². The number of urea groups is 1. The summed E-state index contributed by atoms with van der Waals surface area (Å²) in [4.78, 5) is 38.7. The monoisotopic (exact) mass is 343 g/mol. The summed E-state index contributed by atoms with van der Waals surface area (Å²) >= 11 is 0. The zero-order valence-corrected chi connectivity index (χ0v) is 14.3. The molecule has 0 bridgehead atoms. The molecule has 1 aliphatic heterocycles. The van der Waals surface area contributed by atoms with E-state index >= 15 is 0 Å². The summed E-state index contributed by atoms with van der Waals surface area (Å²) in [6, 6.07) is 8.85. The molecule has 132 valence electrons. The molecular weight excluding hydrogens is 322 g/mol. The van der Waals surface area contributed by atoms with Gasteiger partial charge in [-0.3, -0.25) is 14.5 Å². The number of rotatable bonds is 4. The maximum Gasteiger partial charge on any atom is 0.324 e. The van der Waals surface area contributed by atoms with E-state index in [1.165, 1.54) is 4.90 Å². The van der Waals surface area contributed by atoms with E-state index in [1.54, 1.807) is 6.92 Å². The number of carbonyl (C=O) groups is 3. The Kier molecular flexibility index (Phi) is 4.74. The van der Waals surface area contributed by atoms with Crippen LogP contribution in [0, 0.1) is 0 Å². The molecule has 2 aromatic rings. The fraction of sp³-hybridized carbons (Fsp3) is 0.389. The van der Waals surface area contributed by atoms with Crippen LogP contribution in [-0.2, 0) is 16.0 Å². The van der Waals surface area contributed by atoms with Crippen LogP contribution in [-0.4, -0.2) is 53.3 Å². The third kappa shape index (κ3) is 3.50. The van der Waals surface area contributed by atoms with Gasteiger partial charge < -0.3 is 14.6 Å². The van der Waals surface area contributed by atoms with Gasteiger partial charge in [0.1, 0.15) is 11.3 Å². The molecule has 1 saturated heterocycles. The van der Waals surface area contributed by atoms with Crippen molar-refractivity contribution < 1.29 is 18.8 Å². The van der Waals surface area contributed by atoms with Crippen molar-refractivity contribution in [2.75, 3.05) is 19.6 Å². The Hall–Kier alpha value is -2.83. The number of fused-ring (bicyclic) bond motifs is 1. The minimum atomic E-state index is -0.776. The summed E-state index contributed by atoms with van der Waals surface area (Å²) in [5.41, 5.74) is 0.799. The van der Waals surface area contributed by atoms with E-state index in [0.717, 1.165) is 21.6 Å². The van der Waals surface area contributed by atoms with Gasteiger partial charge in [0.05, 0.1) is 0 Å². The summed E-state index contributed by atoms with van der Waals surface area (Å²) in [5.74, 6) is -0.650. The molecule has 4 amide bonds. The highest BCUT2D eigenvalue weighted by Crippen LogP contribution is 2.19. The fourth-order valence-corrected chi connectivity index (χ4v) is 2.95. The van der Waals surface area contributed by atoms with Gasteiger partial charge in [0, 0.05) is 37.5 Å². The standard InChI is InChI=1S/C18H21N3O4/c1-3-20-8-9-21(17(23)16(20)22)18(24)19-12(2)10-14-11-13-6-4-5-7-15(13)25-14/h4-7,11-12H,3,8-10H2,1-2H3,(H,19,24). The van der Waals surface area contributed by atoms with Gasteiger partial charge in [-0.15, -0.1) is 0 Å². The van der Waals surface area contributed by atoms with Gasteiger partial charge in [0.25, 0.3) is 0 Å². The summed E-state index contributed by atoms with van der Waals surface area (Å²) in [6.45, 7) is 4.67. The second-order valence-corrected chi connectivity index (χ2v) is 6.15. The highest BCUT2D eigenvalue weighted by atomic mass is 16.3. The highest BCUT2D eigenvalue weighted by molar-refractivity contribution is 6.38. The molecule has 0 radical (unpaired) electrons. The Morgan fingerprint density at radius 1 is 1.24 bits per heavy atom. The average molecular weight is 343 g/mol. The van der Waals surface area contributed by atoms with Gasteiger partial charge in [-0.05, 0) is 26.0 Å². The van der Waals surface area contributed by atoms with Gasteiger partial charge in [-0.25, -0.2) is 4.79 Å². The third-order valence-corrected chi connectivity index (χ3v) is 4.29. The largest absolute Gasteiger partial charge is 0.461 e. The Labute approximate surface area is 145 Å². The number of hydrogen-bond donors (Lipinski definition) is 1. The lowest BCUT2D eigenvalue weighted by atomic mass is 10.2. The molecule has 1 aromatic heterocycles. The van der Waals surface area contributed by atoms with Gasteiger partial charge in [-0.1, -0.05) is 18.2 Å². The SMILES string of the molecule is CCN1CCN(C(=O)NC(C)Cc2cc3ccccc3o2)C(=O)C1=O. The van der Waals surface area contributed by atoms with Crippen LogP contribution in [0.3, 0.4) is 0 Å². The number of benzene rings is 1. The first-order valence-corrected chi connectivity index (χ1v) is 8.38. The van der Waals surface area contributed by atoms with Gasteiger partial charge >= 0.3 is 17.8 Å². The van der Waals surface area contributed by atoms with Crippen molar-refractivity contribution in [1.82, 2.24) is 15.1 Å². The molecule has 1 atom stereocenters. The van der Waals surface area contributed by atoms with Crippen molar-refractivity contribution in [3.63, 3.8) is 0 Å². The molecule has 0 spiro atoms. The Morgan fingerprint density at radius 3 is 2.72 bits per heavy atom. The molecule has 25 heavy (non-hydrogen) atoms. The number of para-hydroxylation sites is 1. The van der Waals surface area contributed by atoms with Crippen molar-refractivity contribution >= 4 is 28.8 Å². The van der Waals surface area contributed by atoms with E-state index in [2.05, 4.69) is 5.32 Å². The van der Waals surface area contributed by atoms with Crippen molar-refractivity contribution in [2.24, 2.45) is 0 Å². The first kappa shape index (κ1) is 17.0. The number of furan rings is 1. The number of nitrogens with zero attached hydrogens (tertiary/aromatic N) is 2. The second kappa shape index (κ2) is 6.96. The summed E-state index contributed by atoms with van der Waals surface area (Å²) in [6.07, 6.45) is 0.498. The topological polar surface area (TPSA) is 82.9 Å². The maximum atomic E-state index is 12.3. The van der Waals surface area contributed by atoms with Crippen LogP contribution in [0.5, 0.6) is 0 Å². The van der Waals surface area contributed by atoms with E-state index in [9.17, 15) is 14.4 Å². The molecule has 1 aromatic carbocycles. The first-order valence-electron chi connectivity index (χ1n) is 8.38. The molecule has 1 N–H and O–H groups in total. The van der Waals surface area contributed by atoms with Crippen LogP contribution >= 0.6 is 0 Å². The number of nitrogens with one attached hydrogen (secondary N) is 1. The molecule has 2 heterocycles. The zero-order valence-electron chi connectivity index (χ0n) is 14.3. The fourth-order valence-electron chi connectivity index (χ4n) is 2.95. The number of likely N-dealkylation sites (N-methyl/N-ethyl adjacent to an activating group) is 1. The molecule has 3 rings (SSSR count). The minimum absolute atomic E-state index is 0.210. The van der Waals surface area contributed by atoms with Crippen molar-refractivity contribution in [3.8, 4) is 0 Å². The van der Waals surface area contributed by atoms with Crippen LogP contribution < -0.4 is 5.32 Å². The van der Waals surface area contributed by atoms with E-state index in [4.69, 9.17) is 4.42 Å². The van der Waals surface area contributed by atoms with Crippen LogP contribution in [0.15, 0.2) is 34.7 Å². The predicted molar refractivity (Wildman–Crippen MR) is 91.9 cm³/mol. The molecule has 1 aliphatic rings. The molecule has 1 unspecified atom stereocenters. The molecular formula is C18H21N3O4. The second-order valence-electron chi connectivity index (χ2n) is 6.15. The first-order chi connectivity index (χ1) is 12.0. The highest BCUT2D eigenvalue weighted by Gasteiger charge is 2.35. The predicted octanol–water partition coefficient (Wildman–Crippen LogP) is 1.76. The lowest BCUT2D eigenvalue weighted by Crippen LogP contribution is -2.59. The quantitative estimate of drug-likeness (QED) is 0.858. The van der Waals surface area contributed by atoms with Crippen molar-refractivity contribution in [1.29, 1.82) is 0 Å². The summed E-state index contributed by atoms with van der Waals surface area (Å²) in [7, 11) is 0. The van der Waals surface area contributed by atoms with Crippen molar-refractivity contribution in [3.05, 3.63) is 36.1 Å². The Balaban J connectivity index is 1.60. The lowest BCUT2D eigenvalue weighted by Gasteiger charge is -2.32. The zero-order chi connectivity index (χ0) is 18.0. The maximum absolute atomic E-state index is 12.3. The van der Waals surface area contributed by atoms with Crippen LogP contribution in [0.1, 0.15) is 19.6 Å². The number of hydrogen-bond acceptors (Lipinski definition) is 4. The molecule has 0 aliphatic carbocycles. The van der Waals surface area contributed by atoms with Gasteiger partial charge in [0.15, 0.2) is 0 Å². The van der Waals surface area contributed by atoms with Gasteiger partial charge in [-0.2, -0.15) is 0 Å². The smallest absolute Gasteiger partial charge is 0.324 e. The van der Waals surface area contributed by atoms with E-state index in [-0.39, 0.29) is 12.6 Å². The van der Waals surface area contributed by atoms with E-state index < -0.39 is 17.8 Å². The summed E-state index contributed by atoms with van der Waals surface area (Å²) in [5, 5.41) is 3.77. The van der Waals surface area contributed by atoms with Gasteiger partial charge in [0.2, 0.25) is 0 Å². The number of amides is 4. The molecule has 7 heteroatoms. The number of carbonyl (C=O) groups excluding carboxylic acids is 3. The third-order valence-electron chi connectivity index (χ3n) is 4.29. The molecule has 0 saturated carbocycles. The van der Waals surface area contributed by atoms with E-state index in [1.807, 2.05) is 37.3 Å². The van der Waals surface area contributed by atoms with Crippen LogP contribution in [0.4, 0.5) is 4.79 Å². The minimum Gasteiger partial charge on any atom is -0.461 e. The Bertz CT molecular complexity index is 781. The van der Waals surface area contributed by atoms with Crippen molar-refractivity contribution in [2.45, 2.75) is 26.3 Å². The number of piperazine rings is 1. The molecule has 7 nitrogen and oxygen atoms in total. The summed E-state index contributed by atoms with van der Waals surface area (Å²) < 4.78 is 5.74. The average Bonchev–Trinajstić information content (AvgIpc) is 2.99. The number of imide groups is 1. The Morgan fingerprint density at radius 2 is 2.00 bits per heavy atom. The van der Waals surface area contributed by atoms with Crippen LogP contribution in [0.25, 0.3) is 11.0 Å².